The molecule has 0 aliphatic carbocycles. The molecular weight excluding hydrogens is 134 g/mol. The molecule has 0 unspecified atom stereocenters. The fraction of sp³-hybridized carbons (Fsp3) is 0. The molecule has 11 heavy (non-hydrogen) atoms. The highest BCUT2D eigenvalue weighted by molar-refractivity contribution is 5.62. The molecule has 1 rings (SSSR count). The van der Waals surface area contributed by atoms with Gasteiger partial charge in [-0.2, -0.15) is 0 Å². The third-order valence-corrected chi connectivity index (χ3v) is 1.43. The molecule has 1 heterocycles. The van der Waals surface area contributed by atoms with Crippen molar-refractivity contribution in [2.24, 2.45) is 0 Å². The lowest BCUT2D eigenvalue weighted by atomic mass is 10.2. The lowest BCUT2D eigenvalue weighted by Gasteiger charge is -1.88. The number of rotatable bonds is 3. The Balaban J connectivity index is 2.92. The van der Waals surface area contributed by atoms with Crippen LogP contribution in [0.5, 0.6) is 0 Å². The van der Waals surface area contributed by atoms with E-state index >= 15 is 0 Å². The second-order valence-electron chi connectivity index (χ2n) is 2.15. The van der Waals surface area contributed by atoms with E-state index in [0.717, 1.165) is 11.3 Å². The number of aromatic amines is 1. The molecule has 0 saturated heterocycles. The average molecular weight is 145 g/mol. The van der Waals surface area contributed by atoms with Gasteiger partial charge < -0.3 is 4.98 Å². The summed E-state index contributed by atoms with van der Waals surface area (Å²) in [5, 5.41) is 0. The van der Waals surface area contributed by atoms with E-state index in [1.165, 1.54) is 0 Å². The standard InChI is InChI=1S/C10H11N/c1-3-5-6-9-7-8-11-10(9)4-2/h3-8,11H,1-2H2/b6-5-. The van der Waals surface area contributed by atoms with E-state index < -0.39 is 0 Å². The Kier molecular flexibility index (Phi) is 2.50. The number of allylic oxidation sites excluding steroid dienone is 2. The van der Waals surface area contributed by atoms with Gasteiger partial charge in [-0.05, 0) is 17.7 Å². The summed E-state index contributed by atoms with van der Waals surface area (Å²) >= 11 is 0. The summed E-state index contributed by atoms with van der Waals surface area (Å²) in [4.78, 5) is 3.06. The number of nitrogens with one attached hydrogen (secondary N) is 1. The number of H-pyrrole nitrogens is 1. The van der Waals surface area contributed by atoms with E-state index in [1.807, 2.05) is 24.4 Å². The molecule has 0 aliphatic rings. The third kappa shape index (κ3) is 1.71. The molecule has 0 aromatic carbocycles. The molecule has 0 saturated carbocycles. The minimum Gasteiger partial charge on any atom is -0.361 e. The smallest absolute Gasteiger partial charge is 0.0447 e. The van der Waals surface area contributed by atoms with E-state index in [9.17, 15) is 0 Å². The van der Waals surface area contributed by atoms with Crippen LogP contribution in [-0.4, -0.2) is 4.98 Å². The molecular formula is C10H11N. The Morgan fingerprint density at radius 3 is 2.82 bits per heavy atom. The Morgan fingerprint density at radius 1 is 1.36 bits per heavy atom. The van der Waals surface area contributed by atoms with Crippen LogP contribution in [0.25, 0.3) is 12.2 Å². The Labute approximate surface area is 66.8 Å². The summed E-state index contributed by atoms with van der Waals surface area (Å²) in [5.74, 6) is 0. The second kappa shape index (κ2) is 3.62. The lowest BCUT2D eigenvalue weighted by molar-refractivity contribution is 1.37. The van der Waals surface area contributed by atoms with Gasteiger partial charge in [0.1, 0.15) is 0 Å². The zero-order chi connectivity index (χ0) is 8.10. The first-order valence-corrected chi connectivity index (χ1v) is 3.47. The summed E-state index contributed by atoms with van der Waals surface area (Å²) in [6, 6.07) is 2.00. The number of hydrogen-bond acceptors (Lipinski definition) is 0. The zero-order valence-electron chi connectivity index (χ0n) is 6.38. The Morgan fingerprint density at radius 2 is 2.18 bits per heavy atom. The van der Waals surface area contributed by atoms with Gasteiger partial charge in [0, 0.05) is 11.9 Å². The van der Waals surface area contributed by atoms with Crippen molar-refractivity contribution in [1.29, 1.82) is 0 Å². The molecule has 0 spiro atoms. The van der Waals surface area contributed by atoms with E-state index in [-0.39, 0.29) is 0 Å². The van der Waals surface area contributed by atoms with Crippen LogP contribution in [0, 0.1) is 0 Å². The maximum Gasteiger partial charge on any atom is 0.0447 e. The van der Waals surface area contributed by atoms with Crippen molar-refractivity contribution in [3.05, 3.63) is 48.8 Å². The van der Waals surface area contributed by atoms with Gasteiger partial charge in [-0.25, -0.2) is 0 Å². The molecule has 1 N–H and O–H groups in total. The SMILES string of the molecule is C=C/C=C\c1cc[nH]c1C=C. The van der Waals surface area contributed by atoms with Crippen molar-refractivity contribution in [2.75, 3.05) is 0 Å². The van der Waals surface area contributed by atoms with Gasteiger partial charge in [-0.15, -0.1) is 0 Å². The van der Waals surface area contributed by atoms with Gasteiger partial charge in [-0.3, -0.25) is 0 Å². The highest BCUT2D eigenvalue weighted by Crippen LogP contribution is 2.09. The molecule has 0 amide bonds. The van der Waals surface area contributed by atoms with Gasteiger partial charge in [0.2, 0.25) is 0 Å². The van der Waals surface area contributed by atoms with E-state index in [0.29, 0.717) is 0 Å². The third-order valence-electron chi connectivity index (χ3n) is 1.43. The zero-order valence-corrected chi connectivity index (χ0v) is 6.38. The molecule has 0 fully saturated rings. The van der Waals surface area contributed by atoms with Crippen molar-refractivity contribution in [2.45, 2.75) is 0 Å². The molecule has 1 aromatic heterocycles. The van der Waals surface area contributed by atoms with E-state index in [2.05, 4.69) is 18.1 Å². The summed E-state index contributed by atoms with van der Waals surface area (Å²) in [5.41, 5.74) is 2.18. The molecule has 56 valence electrons. The number of hydrogen-bond donors (Lipinski definition) is 1. The highest BCUT2D eigenvalue weighted by Gasteiger charge is 1.92. The van der Waals surface area contributed by atoms with Crippen LogP contribution in [-0.2, 0) is 0 Å². The van der Waals surface area contributed by atoms with Crippen LogP contribution in [0.4, 0.5) is 0 Å². The van der Waals surface area contributed by atoms with Crippen LogP contribution in [0.3, 0.4) is 0 Å². The Hall–Kier alpha value is -1.50. The molecule has 1 nitrogen and oxygen atoms in total. The quantitative estimate of drug-likeness (QED) is 0.629. The fourth-order valence-electron chi connectivity index (χ4n) is 0.888. The summed E-state index contributed by atoms with van der Waals surface area (Å²) in [6.07, 6.45) is 9.32. The van der Waals surface area contributed by atoms with E-state index in [1.54, 1.807) is 12.2 Å². The highest BCUT2D eigenvalue weighted by atomic mass is 14.7. The molecule has 1 aromatic rings. The Bertz CT molecular complexity index is 279. The van der Waals surface area contributed by atoms with Crippen molar-refractivity contribution in [1.82, 2.24) is 4.98 Å². The van der Waals surface area contributed by atoms with Crippen LogP contribution in [0.15, 0.2) is 37.6 Å². The second-order valence-corrected chi connectivity index (χ2v) is 2.15. The molecule has 0 radical (unpaired) electrons. The molecule has 0 aliphatic heterocycles. The maximum atomic E-state index is 3.68. The van der Waals surface area contributed by atoms with Crippen LogP contribution in [0.2, 0.25) is 0 Å². The van der Waals surface area contributed by atoms with Crippen molar-refractivity contribution < 1.29 is 0 Å². The van der Waals surface area contributed by atoms with Crippen molar-refractivity contribution in [3.63, 3.8) is 0 Å². The van der Waals surface area contributed by atoms with Crippen LogP contribution in [0.1, 0.15) is 11.3 Å². The topological polar surface area (TPSA) is 15.8 Å². The maximum absolute atomic E-state index is 3.68. The monoisotopic (exact) mass is 145 g/mol. The van der Waals surface area contributed by atoms with Crippen molar-refractivity contribution >= 4 is 12.2 Å². The van der Waals surface area contributed by atoms with Gasteiger partial charge in [0.15, 0.2) is 0 Å². The van der Waals surface area contributed by atoms with Crippen molar-refractivity contribution in [3.8, 4) is 0 Å². The lowest BCUT2D eigenvalue weighted by Crippen LogP contribution is -1.72. The summed E-state index contributed by atoms with van der Waals surface area (Å²) in [6.45, 7) is 7.27. The minimum atomic E-state index is 1.04. The molecule has 0 bridgehead atoms. The van der Waals surface area contributed by atoms with Crippen LogP contribution >= 0.6 is 0 Å². The van der Waals surface area contributed by atoms with Gasteiger partial charge in [0.05, 0.1) is 0 Å². The minimum absolute atomic E-state index is 1.04. The van der Waals surface area contributed by atoms with Crippen LogP contribution < -0.4 is 0 Å². The predicted molar refractivity (Wildman–Crippen MR) is 50.1 cm³/mol. The average Bonchev–Trinajstić information content (AvgIpc) is 2.47. The van der Waals surface area contributed by atoms with E-state index in [4.69, 9.17) is 0 Å². The first-order chi connectivity index (χ1) is 5.38. The first-order valence-electron chi connectivity index (χ1n) is 3.47. The van der Waals surface area contributed by atoms with Gasteiger partial charge in [0.25, 0.3) is 0 Å². The van der Waals surface area contributed by atoms with Gasteiger partial charge in [-0.1, -0.05) is 31.4 Å². The largest absolute Gasteiger partial charge is 0.361 e. The first kappa shape index (κ1) is 7.61. The fourth-order valence-corrected chi connectivity index (χ4v) is 0.888. The van der Waals surface area contributed by atoms with Gasteiger partial charge >= 0.3 is 0 Å². The molecule has 1 heteroatoms. The number of aromatic nitrogens is 1. The molecule has 0 atom stereocenters. The predicted octanol–water partition coefficient (Wildman–Crippen LogP) is 2.86. The normalized spacial score (nSPS) is 10.2. The summed E-state index contributed by atoms with van der Waals surface area (Å²) < 4.78 is 0. The summed E-state index contributed by atoms with van der Waals surface area (Å²) in [7, 11) is 0.